The maximum Gasteiger partial charge on any atom is 0.292 e. The summed E-state index contributed by atoms with van der Waals surface area (Å²) in [7, 11) is 7.68. The average Bonchev–Trinajstić information content (AvgIpc) is 2.97. The van der Waals surface area contributed by atoms with Gasteiger partial charge >= 0.3 is 0 Å². The van der Waals surface area contributed by atoms with Gasteiger partial charge in [0.1, 0.15) is 17.2 Å². The zero-order valence-corrected chi connectivity index (χ0v) is 21.6. The van der Waals surface area contributed by atoms with E-state index in [1.54, 1.807) is 56.7 Å². The second-order valence-electron chi connectivity index (χ2n) is 7.78. The first-order chi connectivity index (χ1) is 18.5. The van der Waals surface area contributed by atoms with Crippen LogP contribution >= 0.6 is 0 Å². The molecule has 4 rings (SSSR count). The van der Waals surface area contributed by atoms with E-state index in [9.17, 15) is 4.79 Å². The minimum atomic E-state index is -0.540. The molecule has 0 aliphatic rings. The Bertz CT molecular complexity index is 1480. The number of methoxy groups -OCH3 is 5. The number of hydrogen-bond donors (Lipinski definition) is 2. The predicted molar refractivity (Wildman–Crippen MR) is 143 cm³/mol. The zero-order valence-electron chi connectivity index (χ0n) is 21.6. The van der Waals surface area contributed by atoms with E-state index in [0.29, 0.717) is 51.4 Å². The fourth-order valence-electron chi connectivity index (χ4n) is 3.65. The van der Waals surface area contributed by atoms with E-state index in [-0.39, 0.29) is 11.4 Å². The lowest BCUT2D eigenvalue weighted by molar-refractivity contribution is 0.324. The van der Waals surface area contributed by atoms with Crippen molar-refractivity contribution in [1.29, 1.82) is 0 Å². The molecule has 0 amide bonds. The van der Waals surface area contributed by atoms with Crippen LogP contribution in [0, 0.1) is 0 Å². The monoisotopic (exact) mass is 517 g/mol. The Balaban J connectivity index is 1.89. The SMILES string of the molecule is COc1ccc(-c2n[nH]c(=O)c(/C(=N\Nc3cccc(OC)c3)c3cc(OC)c(OC)c(OC)c3)n2)cc1. The summed E-state index contributed by atoms with van der Waals surface area (Å²) in [5, 5.41) is 11.2. The van der Waals surface area contributed by atoms with Crippen LogP contribution in [0.1, 0.15) is 11.3 Å². The molecule has 11 heteroatoms. The highest BCUT2D eigenvalue weighted by molar-refractivity contribution is 6.12. The van der Waals surface area contributed by atoms with Gasteiger partial charge in [-0.3, -0.25) is 10.2 Å². The minimum Gasteiger partial charge on any atom is -0.497 e. The maximum absolute atomic E-state index is 13.0. The van der Waals surface area contributed by atoms with Crippen LogP contribution in [-0.2, 0) is 0 Å². The van der Waals surface area contributed by atoms with E-state index in [1.165, 1.54) is 21.3 Å². The molecule has 0 radical (unpaired) electrons. The first-order valence-corrected chi connectivity index (χ1v) is 11.4. The highest BCUT2D eigenvalue weighted by Crippen LogP contribution is 2.38. The van der Waals surface area contributed by atoms with E-state index >= 15 is 0 Å². The number of nitrogens with zero attached hydrogens (tertiary/aromatic N) is 3. The topological polar surface area (TPSA) is 129 Å². The number of aromatic nitrogens is 3. The Morgan fingerprint density at radius 3 is 2.11 bits per heavy atom. The third kappa shape index (κ3) is 5.51. The summed E-state index contributed by atoms with van der Waals surface area (Å²) in [6.45, 7) is 0. The van der Waals surface area contributed by atoms with Gasteiger partial charge in [0.15, 0.2) is 23.0 Å². The van der Waals surface area contributed by atoms with Crippen LogP contribution in [0.2, 0.25) is 0 Å². The maximum atomic E-state index is 13.0. The number of hydrogen-bond acceptors (Lipinski definition) is 10. The van der Waals surface area contributed by atoms with Gasteiger partial charge in [0.05, 0.1) is 41.2 Å². The van der Waals surface area contributed by atoms with Gasteiger partial charge in [-0.2, -0.15) is 10.2 Å². The lowest BCUT2D eigenvalue weighted by Crippen LogP contribution is -2.24. The molecule has 0 aliphatic carbocycles. The van der Waals surface area contributed by atoms with Gasteiger partial charge in [-0.1, -0.05) is 6.07 Å². The molecule has 0 bridgehead atoms. The Morgan fingerprint density at radius 2 is 1.50 bits per heavy atom. The molecule has 2 N–H and O–H groups in total. The molecule has 38 heavy (non-hydrogen) atoms. The molecule has 0 unspecified atom stereocenters. The van der Waals surface area contributed by atoms with Crippen molar-refractivity contribution in [3.05, 3.63) is 82.3 Å². The van der Waals surface area contributed by atoms with E-state index < -0.39 is 5.56 Å². The van der Waals surface area contributed by atoms with Crippen molar-refractivity contribution in [2.24, 2.45) is 5.10 Å². The van der Waals surface area contributed by atoms with Gasteiger partial charge in [-0.05, 0) is 48.5 Å². The molecule has 0 fully saturated rings. The summed E-state index contributed by atoms with van der Waals surface area (Å²) >= 11 is 0. The molecule has 4 aromatic rings. The summed E-state index contributed by atoms with van der Waals surface area (Å²) < 4.78 is 27.0. The number of rotatable bonds is 10. The number of H-pyrrole nitrogens is 1. The number of nitrogens with one attached hydrogen (secondary N) is 2. The van der Waals surface area contributed by atoms with E-state index in [4.69, 9.17) is 23.7 Å². The second-order valence-corrected chi connectivity index (χ2v) is 7.78. The van der Waals surface area contributed by atoms with Crippen molar-refractivity contribution >= 4 is 11.4 Å². The zero-order chi connectivity index (χ0) is 27.1. The highest BCUT2D eigenvalue weighted by Gasteiger charge is 2.21. The van der Waals surface area contributed by atoms with E-state index in [0.717, 1.165) is 0 Å². The molecule has 1 heterocycles. The lowest BCUT2D eigenvalue weighted by atomic mass is 10.1. The standard InChI is InChI=1S/C27H27N5O6/c1-34-19-11-9-16(10-12-19)26-28-24(27(33)32-31-26)23(30-29-18-7-6-8-20(15-18)35-2)17-13-21(36-3)25(38-5)22(14-17)37-4/h6-15,29H,1-5H3,(H,32,33)/b30-23-. The van der Waals surface area contributed by atoms with Crippen LogP contribution in [0.4, 0.5) is 5.69 Å². The summed E-state index contributed by atoms with van der Waals surface area (Å²) in [6, 6.07) is 17.7. The van der Waals surface area contributed by atoms with Crippen LogP contribution in [0.5, 0.6) is 28.7 Å². The summed E-state index contributed by atoms with van der Waals surface area (Å²) in [6.07, 6.45) is 0. The first kappa shape index (κ1) is 26.0. The molecule has 196 valence electrons. The molecule has 0 saturated carbocycles. The number of benzene rings is 3. The molecule has 0 aliphatic heterocycles. The Labute approximate surface area is 219 Å². The molecule has 1 aromatic heterocycles. The highest BCUT2D eigenvalue weighted by atomic mass is 16.5. The van der Waals surface area contributed by atoms with Crippen molar-refractivity contribution in [1.82, 2.24) is 15.2 Å². The Morgan fingerprint density at radius 1 is 0.816 bits per heavy atom. The van der Waals surface area contributed by atoms with E-state index in [1.807, 2.05) is 18.2 Å². The average molecular weight is 518 g/mol. The largest absolute Gasteiger partial charge is 0.497 e. The van der Waals surface area contributed by atoms with Gasteiger partial charge in [-0.25, -0.2) is 10.1 Å². The summed E-state index contributed by atoms with van der Waals surface area (Å²) in [5.74, 6) is 2.79. The Hall–Kier alpha value is -5.06. The van der Waals surface area contributed by atoms with Gasteiger partial charge in [-0.15, -0.1) is 0 Å². The first-order valence-electron chi connectivity index (χ1n) is 11.4. The second kappa shape index (κ2) is 11.8. The number of hydrazone groups is 1. The number of anilines is 1. The van der Waals surface area contributed by atoms with Crippen molar-refractivity contribution in [2.45, 2.75) is 0 Å². The Kier molecular flexibility index (Phi) is 8.07. The molecular formula is C27H27N5O6. The van der Waals surface area contributed by atoms with Crippen molar-refractivity contribution in [2.75, 3.05) is 41.0 Å². The molecule has 0 atom stereocenters. The van der Waals surface area contributed by atoms with Crippen molar-refractivity contribution < 1.29 is 23.7 Å². The van der Waals surface area contributed by atoms with Gasteiger partial charge < -0.3 is 23.7 Å². The summed E-state index contributed by atoms with van der Waals surface area (Å²) in [4.78, 5) is 17.6. The molecule has 3 aromatic carbocycles. The van der Waals surface area contributed by atoms with Crippen LogP contribution in [0.3, 0.4) is 0 Å². The van der Waals surface area contributed by atoms with Crippen LogP contribution in [0.15, 0.2) is 70.6 Å². The number of ether oxygens (including phenoxy) is 5. The normalized spacial score (nSPS) is 11.0. The minimum absolute atomic E-state index is 0.0236. The van der Waals surface area contributed by atoms with Gasteiger partial charge in [0, 0.05) is 17.2 Å². The van der Waals surface area contributed by atoms with Crippen LogP contribution in [-0.4, -0.2) is 56.4 Å². The van der Waals surface area contributed by atoms with Crippen molar-refractivity contribution in [3.8, 4) is 40.1 Å². The van der Waals surface area contributed by atoms with Gasteiger partial charge in [0.25, 0.3) is 5.56 Å². The van der Waals surface area contributed by atoms with Crippen molar-refractivity contribution in [3.63, 3.8) is 0 Å². The molecule has 0 saturated heterocycles. The lowest BCUT2D eigenvalue weighted by Gasteiger charge is -2.15. The van der Waals surface area contributed by atoms with E-state index in [2.05, 4.69) is 25.7 Å². The molecule has 0 spiro atoms. The van der Waals surface area contributed by atoms with Crippen LogP contribution in [0.25, 0.3) is 11.4 Å². The quantitative estimate of drug-likeness (QED) is 0.239. The fourth-order valence-corrected chi connectivity index (χ4v) is 3.65. The smallest absolute Gasteiger partial charge is 0.292 e. The molecule has 11 nitrogen and oxygen atoms in total. The number of aromatic amines is 1. The van der Waals surface area contributed by atoms with Crippen LogP contribution < -0.4 is 34.7 Å². The van der Waals surface area contributed by atoms with Gasteiger partial charge in [0.2, 0.25) is 5.75 Å². The summed E-state index contributed by atoms with van der Waals surface area (Å²) in [5.41, 5.74) is 4.48. The fraction of sp³-hybridized carbons (Fsp3) is 0.185. The predicted octanol–water partition coefficient (Wildman–Crippen LogP) is 3.74. The third-order valence-electron chi connectivity index (χ3n) is 5.57. The molecular weight excluding hydrogens is 490 g/mol. The third-order valence-corrected chi connectivity index (χ3v) is 5.57.